The summed E-state index contributed by atoms with van der Waals surface area (Å²) in [5.74, 6) is -0.370. The number of ether oxygens (including phenoxy) is 2. The molecular weight excluding hydrogens is 380 g/mol. The zero-order valence-corrected chi connectivity index (χ0v) is 17.4. The Bertz CT molecular complexity index is 764. The molecule has 6 nitrogen and oxygen atoms in total. The Balaban J connectivity index is 1.85. The second-order valence-electron chi connectivity index (χ2n) is 7.55. The fourth-order valence-corrected chi connectivity index (χ4v) is 3.47. The fraction of sp³-hybridized carbons (Fsp3) is 0.571. The summed E-state index contributed by atoms with van der Waals surface area (Å²) in [6, 6.07) is 5.82. The predicted octanol–water partition coefficient (Wildman–Crippen LogP) is 4.04. The number of aryl methyl sites for hydroxylation is 1. The molecule has 1 N–H and O–H groups in total. The molecule has 0 atom stereocenters. The molecular formula is C21H27ClN2O4. The van der Waals surface area contributed by atoms with Crippen molar-refractivity contribution in [2.75, 3.05) is 13.2 Å². The molecule has 0 unspecified atom stereocenters. The smallest absolute Gasteiger partial charge is 0.344 e. The van der Waals surface area contributed by atoms with Crippen LogP contribution in [0.1, 0.15) is 63.0 Å². The van der Waals surface area contributed by atoms with Crippen LogP contribution in [-0.4, -0.2) is 30.6 Å². The number of hydrogen-bond acceptors (Lipinski definition) is 5. The van der Waals surface area contributed by atoms with Gasteiger partial charge < -0.3 is 14.8 Å². The zero-order valence-electron chi connectivity index (χ0n) is 16.6. The van der Waals surface area contributed by atoms with Gasteiger partial charge in [-0.25, -0.2) is 4.79 Å². The minimum atomic E-state index is -0.842. The number of carbonyl (C=O) groups is 2. The summed E-state index contributed by atoms with van der Waals surface area (Å²) in [6.07, 6.45) is 4.12. The maximum atomic E-state index is 12.1. The van der Waals surface area contributed by atoms with Crippen molar-refractivity contribution in [3.05, 3.63) is 28.3 Å². The van der Waals surface area contributed by atoms with Crippen LogP contribution in [0.15, 0.2) is 12.1 Å². The van der Waals surface area contributed by atoms with E-state index in [0.29, 0.717) is 23.6 Å². The van der Waals surface area contributed by atoms with Crippen LogP contribution in [0.3, 0.4) is 0 Å². The lowest BCUT2D eigenvalue weighted by molar-refractivity contribution is -0.150. The van der Waals surface area contributed by atoms with Crippen LogP contribution in [0.5, 0.6) is 5.75 Å². The summed E-state index contributed by atoms with van der Waals surface area (Å²) >= 11 is 6.17. The van der Waals surface area contributed by atoms with Gasteiger partial charge in [-0.3, -0.25) is 4.79 Å². The van der Waals surface area contributed by atoms with E-state index in [1.54, 1.807) is 6.07 Å². The van der Waals surface area contributed by atoms with Crippen LogP contribution >= 0.6 is 11.6 Å². The third kappa shape index (κ3) is 5.87. The number of hydrogen-bond donors (Lipinski definition) is 1. The lowest BCUT2D eigenvalue weighted by Crippen LogP contribution is -2.50. The highest BCUT2D eigenvalue weighted by molar-refractivity contribution is 6.31. The van der Waals surface area contributed by atoms with Crippen molar-refractivity contribution < 1.29 is 19.1 Å². The van der Waals surface area contributed by atoms with Gasteiger partial charge >= 0.3 is 5.97 Å². The topological polar surface area (TPSA) is 88.4 Å². The summed E-state index contributed by atoms with van der Waals surface area (Å²) in [5, 5.41) is 12.7. The fourth-order valence-electron chi connectivity index (χ4n) is 3.29. The van der Waals surface area contributed by atoms with Gasteiger partial charge in [0.1, 0.15) is 11.3 Å². The van der Waals surface area contributed by atoms with E-state index in [4.69, 9.17) is 21.1 Å². The standard InChI is InChI=1S/C21H27ClN2O4/c1-14(2)16-10-17(22)15(3)9-18(16)27-12-20(26)28-11-19(25)24-21(13-23)7-5-4-6-8-21/h9-10,14H,4-8,11-12H2,1-3H3,(H,24,25). The van der Waals surface area contributed by atoms with Gasteiger partial charge in [-0.2, -0.15) is 5.26 Å². The average Bonchev–Trinajstić information content (AvgIpc) is 2.67. The van der Waals surface area contributed by atoms with Crippen molar-refractivity contribution in [2.24, 2.45) is 0 Å². The summed E-state index contributed by atoms with van der Waals surface area (Å²) < 4.78 is 10.6. The van der Waals surface area contributed by atoms with Gasteiger partial charge in [-0.1, -0.05) is 44.7 Å². The van der Waals surface area contributed by atoms with Crippen molar-refractivity contribution in [1.29, 1.82) is 5.26 Å². The molecule has 1 saturated carbocycles. The molecule has 1 amide bonds. The normalized spacial score (nSPS) is 15.6. The van der Waals surface area contributed by atoms with E-state index in [0.717, 1.165) is 30.4 Å². The van der Waals surface area contributed by atoms with Crippen molar-refractivity contribution in [1.82, 2.24) is 5.32 Å². The van der Waals surface area contributed by atoms with E-state index in [9.17, 15) is 14.9 Å². The first-order valence-corrected chi connectivity index (χ1v) is 9.95. The molecule has 0 spiro atoms. The molecule has 0 radical (unpaired) electrons. The molecule has 0 saturated heterocycles. The average molecular weight is 407 g/mol. The maximum Gasteiger partial charge on any atom is 0.344 e. The number of nitriles is 1. The number of carbonyl (C=O) groups excluding carboxylic acids is 2. The molecule has 1 fully saturated rings. The first-order valence-electron chi connectivity index (χ1n) is 9.57. The number of nitrogens with zero attached hydrogens (tertiary/aromatic N) is 1. The molecule has 1 aliphatic carbocycles. The highest BCUT2D eigenvalue weighted by atomic mass is 35.5. The van der Waals surface area contributed by atoms with Gasteiger partial charge in [-0.05, 0) is 48.9 Å². The molecule has 7 heteroatoms. The van der Waals surface area contributed by atoms with E-state index < -0.39 is 24.0 Å². The largest absolute Gasteiger partial charge is 0.482 e. The molecule has 0 heterocycles. The number of esters is 1. The van der Waals surface area contributed by atoms with E-state index in [-0.39, 0.29) is 12.5 Å². The summed E-state index contributed by atoms with van der Waals surface area (Å²) in [4.78, 5) is 24.1. The SMILES string of the molecule is Cc1cc(OCC(=O)OCC(=O)NC2(C#N)CCCCC2)c(C(C)C)cc1Cl. The van der Waals surface area contributed by atoms with Crippen LogP contribution in [-0.2, 0) is 14.3 Å². The van der Waals surface area contributed by atoms with Crippen LogP contribution in [0.2, 0.25) is 5.02 Å². The van der Waals surface area contributed by atoms with E-state index in [2.05, 4.69) is 11.4 Å². The Morgan fingerprint density at radius 3 is 2.54 bits per heavy atom. The van der Waals surface area contributed by atoms with Crippen molar-refractivity contribution >= 4 is 23.5 Å². The quantitative estimate of drug-likeness (QED) is 0.690. The second-order valence-corrected chi connectivity index (χ2v) is 7.95. The van der Waals surface area contributed by atoms with Gasteiger partial charge in [-0.15, -0.1) is 0 Å². The van der Waals surface area contributed by atoms with Gasteiger partial charge in [0.05, 0.1) is 6.07 Å². The summed E-state index contributed by atoms with van der Waals surface area (Å²) in [5.41, 5.74) is 0.906. The Hall–Kier alpha value is -2.26. The highest BCUT2D eigenvalue weighted by Gasteiger charge is 2.33. The molecule has 152 valence electrons. The Kier molecular flexibility index (Phi) is 7.70. The molecule has 1 aliphatic rings. The molecule has 28 heavy (non-hydrogen) atoms. The molecule has 1 aromatic carbocycles. The van der Waals surface area contributed by atoms with E-state index in [1.165, 1.54) is 0 Å². The Morgan fingerprint density at radius 2 is 1.93 bits per heavy atom. The van der Waals surface area contributed by atoms with Crippen LogP contribution < -0.4 is 10.1 Å². The number of benzene rings is 1. The lowest BCUT2D eigenvalue weighted by atomic mass is 9.83. The monoisotopic (exact) mass is 406 g/mol. The minimum Gasteiger partial charge on any atom is -0.482 e. The van der Waals surface area contributed by atoms with Crippen molar-refractivity contribution in [3.63, 3.8) is 0 Å². The second kappa shape index (κ2) is 9.79. The van der Waals surface area contributed by atoms with Crippen LogP contribution in [0.4, 0.5) is 0 Å². The first-order chi connectivity index (χ1) is 13.3. The van der Waals surface area contributed by atoms with Crippen LogP contribution in [0.25, 0.3) is 0 Å². The highest BCUT2D eigenvalue weighted by Crippen LogP contribution is 2.32. The molecule has 0 aromatic heterocycles. The van der Waals surface area contributed by atoms with Crippen molar-refractivity contribution in [3.8, 4) is 11.8 Å². The number of nitrogens with one attached hydrogen (secondary N) is 1. The van der Waals surface area contributed by atoms with Gasteiger partial charge in [0, 0.05) is 5.02 Å². The van der Waals surface area contributed by atoms with E-state index >= 15 is 0 Å². The number of halogens is 1. The van der Waals surface area contributed by atoms with Gasteiger partial charge in [0.15, 0.2) is 13.2 Å². The van der Waals surface area contributed by atoms with Crippen molar-refractivity contribution in [2.45, 2.75) is 64.3 Å². The summed E-state index contributed by atoms with van der Waals surface area (Å²) in [7, 11) is 0. The lowest BCUT2D eigenvalue weighted by Gasteiger charge is -2.31. The number of amides is 1. The zero-order chi connectivity index (χ0) is 20.7. The Morgan fingerprint density at radius 1 is 1.25 bits per heavy atom. The minimum absolute atomic E-state index is 0.174. The Labute approximate surface area is 171 Å². The number of rotatable bonds is 7. The third-order valence-electron chi connectivity index (χ3n) is 4.92. The summed E-state index contributed by atoms with van der Waals surface area (Å²) in [6.45, 7) is 5.14. The predicted molar refractivity (Wildman–Crippen MR) is 106 cm³/mol. The van der Waals surface area contributed by atoms with E-state index in [1.807, 2.05) is 26.8 Å². The molecule has 2 rings (SSSR count). The van der Waals surface area contributed by atoms with Crippen LogP contribution in [0, 0.1) is 18.3 Å². The first kappa shape index (κ1) is 22.0. The molecule has 0 bridgehead atoms. The van der Waals surface area contributed by atoms with Gasteiger partial charge in [0.2, 0.25) is 0 Å². The van der Waals surface area contributed by atoms with Gasteiger partial charge in [0.25, 0.3) is 5.91 Å². The molecule has 1 aromatic rings. The molecule has 0 aliphatic heterocycles. The third-order valence-corrected chi connectivity index (χ3v) is 5.33. The maximum absolute atomic E-state index is 12.1.